The Labute approximate surface area is 190 Å². The molecule has 0 radical (unpaired) electrons. The highest BCUT2D eigenvalue weighted by atomic mass is 32.1. The third-order valence-corrected chi connectivity index (χ3v) is 6.82. The second kappa shape index (κ2) is 9.60. The molecule has 2 aromatic rings. The highest BCUT2D eigenvalue weighted by molar-refractivity contribution is 7.18. The molecule has 32 heavy (non-hydrogen) atoms. The molecule has 2 aliphatic rings. The Kier molecular flexibility index (Phi) is 6.64. The second-order valence-corrected chi connectivity index (χ2v) is 8.83. The molecule has 0 saturated heterocycles. The van der Waals surface area contributed by atoms with Gasteiger partial charge in [-0.3, -0.25) is 9.59 Å². The standard InChI is InChI=1S/C23H26N2O6S/c1-3-29-23(28)19-13(2)18(21(27)24-15-7-5-4-6-8-15)22(32-19)25-20(26)14-9-10-16-17(11-14)31-12-30-16/h9-11,15H,3-8,12H2,1-2H3,(H,24,27)(H,25,26). The summed E-state index contributed by atoms with van der Waals surface area (Å²) in [5, 5.41) is 6.21. The molecule has 0 unspecified atom stereocenters. The van der Waals surface area contributed by atoms with E-state index in [0.29, 0.717) is 38.1 Å². The van der Waals surface area contributed by atoms with E-state index in [9.17, 15) is 14.4 Å². The third-order valence-electron chi connectivity index (χ3n) is 5.64. The average molecular weight is 459 g/mol. The van der Waals surface area contributed by atoms with Crippen LogP contribution >= 0.6 is 11.3 Å². The van der Waals surface area contributed by atoms with Crippen molar-refractivity contribution in [3.8, 4) is 11.5 Å². The van der Waals surface area contributed by atoms with Crippen molar-refractivity contribution < 1.29 is 28.6 Å². The number of fused-ring (bicyclic) bond motifs is 1. The van der Waals surface area contributed by atoms with Crippen molar-refractivity contribution in [2.24, 2.45) is 0 Å². The van der Waals surface area contributed by atoms with Crippen LogP contribution in [0.3, 0.4) is 0 Å². The topological polar surface area (TPSA) is 103 Å². The number of thiophene rings is 1. The number of amides is 2. The van der Waals surface area contributed by atoms with E-state index in [1.54, 1.807) is 32.0 Å². The molecule has 1 aromatic heterocycles. The van der Waals surface area contributed by atoms with Gasteiger partial charge in [0.2, 0.25) is 6.79 Å². The van der Waals surface area contributed by atoms with E-state index in [2.05, 4.69) is 10.6 Å². The molecule has 8 nitrogen and oxygen atoms in total. The van der Waals surface area contributed by atoms with Crippen molar-refractivity contribution in [1.82, 2.24) is 5.32 Å². The molecule has 1 saturated carbocycles. The Morgan fingerprint density at radius 3 is 2.59 bits per heavy atom. The van der Waals surface area contributed by atoms with Crippen LogP contribution in [-0.2, 0) is 4.74 Å². The highest BCUT2D eigenvalue weighted by Gasteiger charge is 2.28. The molecule has 170 valence electrons. The fourth-order valence-corrected chi connectivity index (χ4v) is 5.08. The number of hydrogen-bond donors (Lipinski definition) is 2. The first-order valence-corrected chi connectivity index (χ1v) is 11.6. The molecule has 0 spiro atoms. The first-order chi connectivity index (χ1) is 15.5. The number of carbonyl (C=O) groups excluding carboxylic acids is 3. The molecule has 4 rings (SSSR count). The predicted octanol–water partition coefficient (Wildman–Crippen LogP) is 4.28. The zero-order chi connectivity index (χ0) is 22.7. The summed E-state index contributed by atoms with van der Waals surface area (Å²) in [6.45, 7) is 3.76. The van der Waals surface area contributed by atoms with Gasteiger partial charge in [0.15, 0.2) is 11.5 Å². The third kappa shape index (κ3) is 4.57. The van der Waals surface area contributed by atoms with Gasteiger partial charge in [-0.25, -0.2) is 4.79 Å². The molecule has 1 aliphatic heterocycles. The minimum Gasteiger partial charge on any atom is -0.462 e. The van der Waals surface area contributed by atoms with Crippen LogP contribution in [-0.4, -0.2) is 37.2 Å². The minimum absolute atomic E-state index is 0.0963. The van der Waals surface area contributed by atoms with Gasteiger partial charge in [-0.2, -0.15) is 0 Å². The van der Waals surface area contributed by atoms with Crippen molar-refractivity contribution in [3.05, 3.63) is 39.8 Å². The number of rotatable bonds is 6. The Morgan fingerprint density at radius 2 is 1.84 bits per heavy atom. The Balaban J connectivity index is 1.61. The number of carbonyl (C=O) groups is 3. The maximum atomic E-state index is 13.2. The van der Waals surface area contributed by atoms with Gasteiger partial charge in [-0.05, 0) is 50.5 Å². The van der Waals surface area contributed by atoms with Crippen LogP contribution in [0.5, 0.6) is 11.5 Å². The first kappa shape index (κ1) is 22.1. The van der Waals surface area contributed by atoms with E-state index >= 15 is 0 Å². The van der Waals surface area contributed by atoms with E-state index in [4.69, 9.17) is 14.2 Å². The van der Waals surface area contributed by atoms with Crippen molar-refractivity contribution in [2.45, 2.75) is 52.0 Å². The maximum absolute atomic E-state index is 13.2. The van der Waals surface area contributed by atoms with Crippen LogP contribution in [0.1, 0.15) is 75.0 Å². The van der Waals surface area contributed by atoms with Gasteiger partial charge in [0.05, 0.1) is 12.2 Å². The first-order valence-electron chi connectivity index (χ1n) is 10.8. The lowest BCUT2D eigenvalue weighted by Gasteiger charge is -2.23. The van der Waals surface area contributed by atoms with Gasteiger partial charge in [-0.15, -0.1) is 11.3 Å². The fraction of sp³-hybridized carbons (Fsp3) is 0.435. The van der Waals surface area contributed by atoms with Crippen molar-refractivity contribution in [3.63, 3.8) is 0 Å². The fourth-order valence-electron chi connectivity index (χ4n) is 3.98. The lowest BCUT2D eigenvalue weighted by atomic mass is 9.95. The van der Waals surface area contributed by atoms with Crippen molar-refractivity contribution in [1.29, 1.82) is 0 Å². The highest BCUT2D eigenvalue weighted by Crippen LogP contribution is 2.36. The van der Waals surface area contributed by atoms with Crippen LogP contribution in [0.25, 0.3) is 0 Å². The van der Waals surface area contributed by atoms with E-state index in [-0.39, 0.29) is 25.3 Å². The number of anilines is 1. The Hall–Kier alpha value is -3.07. The molecule has 2 N–H and O–H groups in total. The summed E-state index contributed by atoms with van der Waals surface area (Å²) in [6.07, 6.45) is 5.19. The molecule has 0 bridgehead atoms. The number of benzene rings is 1. The summed E-state index contributed by atoms with van der Waals surface area (Å²) in [5.41, 5.74) is 1.16. The van der Waals surface area contributed by atoms with Gasteiger partial charge in [0, 0.05) is 11.6 Å². The molecular weight excluding hydrogens is 432 g/mol. The zero-order valence-corrected chi connectivity index (χ0v) is 18.9. The van der Waals surface area contributed by atoms with Crippen LogP contribution in [0.4, 0.5) is 5.00 Å². The summed E-state index contributed by atoms with van der Waals surface area (Å²) >= 11 is 1.05. The predicted molar refractivity (Wildman–Crippen MR) is 120 cm³/mol. The number of ether oxygens (including phenoxy) is 3. The van der Waals surface area contributed by atoms with Gasteiger partial charge in [0.1, 0.15) is 9.88 Å². The average Bonchev–Trinajstić information content (AvgIpc) is 3.38. The number of hydrogen-bond acceptors (Lipinski definition) is 7. The molecule has 9 heteroatoms. The Morgan fingerprint density at radius 1 is 1.09 bits per heavy atom. The monoisotopic (exact) mass is 458 g/mol. The summed E-state index contributed by atoms with van der Waals surface area (Å²) in [4.78, 5) is 38.9. The van der Waals surface area contributed by atoms with E-state index in [1.807, 2.05) is 0 Å². The summed E-state index contributed by atoms with van der Waals surface area (Å²) in [7, 11) is 0. The van der Waals surface area contributed by atoms with Crippen LogP contribution in [0, 0.1) is 6.92 Å². The maximum Gasteiger partial charge on any atom is 0.348 e. The quantitative estimate of drug-likeness (QED) is 0.627. The summed E-state index contributed by atoms with van der Waals surface area (Å²) in [5.74, 6) is -0.146. The van der Waals surface area contributed by atoms with Crippen molar-refractivity contribution in [2.75, 3.05) is 18.7 Å². The number of esters is 1. The van der Waals surface area contributed by atoms with Crippen LogP contribution < -0.4 is 20.1 Å². The van der Waals surface area contributed by atoms with Crippen LogP contribution in [0.2, 0.25) is 0 Å². The molecule has 1 aromatic carbocycles. The molecule has 1 fully saturated rings. The normalized spacial score (nSPS) is 15.3. The van der Waals surface area contributed by atoms with Gasteiger partial charge in [0.25, 0.3) is 11.8 Å². The molecule has 2 amide bonds. The van der Waals surface area contributed by atoms with Gasteiger partial charge < -0.3 is 24.8 Å². The smallest absolute Gasteiger partial charge is 0.348 e. The zero-order valence-electron chi connectivity index (χ0n) is 18.1. The minimum atomic E-state index is -0.509. The van der Waals surface area contributed by atoms with Gasteiger partial charge >= 0.3 is 5.97 Å². The van der Waals surface area contributed by atoms with E-state index in [0.717, 1.165) is 37.0 Å². The molecular formula is C23H26N2O6S. The van der Waals surface area contributed by atoms with E-state index in [1.165, 1.54) is 6.42 Å². The SMILES string of the molecule is CCOC(=O)c1sc(NC(=O)c2ccc3c(c2)OCO3)c(C(=O)NC2CCCCC2)c1C. The summed E-state index contributed by atoms with van der Waals surface area (Å²) < 4.78 is 15.8. The Bertz CT molecular complexity index is 1040. The second-order valence-electron chi connectivity index (χ2n) is 7.81. The van der Waals surface area contributed by atoms with Gasteiger partial charge in [-0.1, -0.05) is 19.3 Å². The lowest BCUT2D eigenvalue weighted by Crippen LogP contribution is -2.36. The van der Waals surface area contributed by atoms with Crippen molar-refractivity contribution >= 4 is 34.1 Å². The van der Waals surface area contributed by atoms with E-state index < -0.39 is 11.9 Å². The van der Waals surface area contributed by atoms with Crippen LogP contribution in [0.15, 0.2) is 18.2 Å². The molecule has 1 aliphatic carbocycles. The largest absolute Gasteiger partial charge is 0.462 e. The summed E-state index contributed by atoms with van der Waals surface area (Å²) in [6, 6.07) is 4.97. The molecule has 2 heterocycles. The number of nitrogens with one attached hydrogen (secondary N) is 2. The lowest BCUT2D eigenvalue weighted by molar-refractivity contribution is 0.0531. The molecule has 0 atom stereocenters.